The number of aryl methyl sites for hydroxylation is 1. The van der Waals surface area contributed by atoms with Gasteiger partial charge in [-0.15, -0.1) is 0 Å². The van der Waals surface area contributed by atoms with Crippen molar-refractivity contribution in [2.45, 2.75) is 39.2 Å². The number of nitrogens with one attached hydrogen (secondary N) is 1. The number of hydrogen-bond donors (Lipinski definition) is 1. The predicted molar refractivity (Wildman–Crippen MR) is 93.7 cm³/mol. The molecule has 2 fully saturated rings. The molecular formula is C19H24N4O. The normalized spacial score (nSPS) is 26.5. The topological polar surface area (TPSA) is 59.9 Å². The summed E-state index contributed by atoms with van der Waals surface area (Å²) in [4.78, 5) is 13.5. The molecule has 0 spiro atoms. The number of ether oxygens (including phenoxy) is 1. The van der Waals surface area contributed by atoms with E-state index in [1.165, 1.54) is 12.8 Å². The van der Waals surface area contributed by atoms with Crippen molar-refractivity contribution in [3.8, 4) is 11.4 Å². The minimum absolute atomic E-state index is 0.186. The van der Waals surface area contributed by atoms with E-state index in [9.17, 15) is 0 Å². The molecule has 2 atom stereocenters. The average molecular weight is 324 g/mol. The predicted octanol–water partition coefficient (Wildman–Crippen LogP) is 3.46. The molecule has 1 saturated heterocycles. The molecule has 0 aromatic carbocycles. The van der Waals surface area contributed by atoms with Gasteiger partial charge < -0.3 is 10.1 Å². The van der Waals surface area contributed by atoms with Gasteiger partial charge in [-0.25, -0.2) is 9.97 Å². The Kier molecular flexibility index (Phi) is 3.96. The maximum absolute atomic E-state index is 6.01. The fourth-order valence-corrected chi connectivity index (χ4v) is 3.65. The fourth-order valence-electron chi connectivity index (χ4n) is 3.65. The first kappa shape index (κ1) is 15.5. The van der Waals surface area contributed by atoms with Crippen molar-refractivity contribution < 1.29 is 4.74 Å². The molecule has 1 aliphatic carbocycles. The summed E-state index contributed by atoms with van der Waals surface area (Å²) in [5, 5.41) is 3.53. The summed E-state index contributed by atoms with van der Waals surface area (Å²) in [5.41, 5.74) is 1.92. The third-order valence-corrected chi connectivity index (χ3v) is 5.15. The van der Waals surface area contributed by atoms with Crippen LogP contribution in [-0.4, -0.2) is 34.2 Å². The van der Waals surface area contributed by atoms with Gasteiger partial charge in [-0.05, 0) is 44.2 Å². The van der Waals surface area contributed by atoms with E-state index in [4.69, 9.17) is 4.74 Å². The Bertz CT molecular complexity index is 717. The van der Waals surface area contributed by atoms with E-state index in [2.05, 4.69) is 27.2 Å². The third kappa shape index (κ3) is 3.13. The maximum Gasteiger partial charge on any atom is 0.130 e. The molecule has 2 aliphatic rings. The van der Waals surface area contributed by atoms with Gasteiger partial charge in [0.05, 0.1) is 17.5 Å². The average Bonchev–Trinajstić information content (AvgIpc) is 3.36. The van der Waals surface area contributed by atoms with Crippen LogP contribution < -0.4 is 5.32 Å². The molecule has 24 heavy (non-hydrogen) atoms. The largest absolute Gasteiger partial charge is 0.377 e. The van der Waals surface area contributed by atoms with E-state index in [1.54, 1.807) is 6.20 Å². The van der Waals surface area contributed by atoms with Gasteiger partial charge in [0.15, 0.2) is 0 Å². The lowest BCUT2D eigenvalue weighted by atomic mass is 9.81. The van der Waals surface area contributed by atoms with Crippen LogP contribution >= 0.6 is 0 Å². The van der Waals surface area contributed by atoms with Crippen LogP contribution in [0.1, 0.15) is 32.0 Å². The van der Waals surface area contributed by atoms with Crippen LogP contribution in [0.25, 0.3) is 11.4 Å². The number of hydrogen-bond acceptors (Lipinski definition) is 5. The molecule has 3 heterocycles. The van der Waals surface area contributed by atoms with Crippen LogP contribution in [0.15, 0.2) is 30.5 Å². The van der Waals surface area contributed by atoms with Crippen molar-refractivity contribution in [3.63, 3.8) is 0 Å². The van der Waals surface area contributed by atoms with Crippen molar-refractivity contribution >= 4 is 5.82 Å². The van der Waals surface area contributed by atoms with Crippen LogP contribution in [0.4, 0.5) is 5.82 Å². The van der Waals surface area contributed by atoms with Crippen molar-refractivity contribution in [3.05, 3.63) is 36.3 Å². The maximum atomic E-state index is 6.01. The van der Waals surface area contributed by atoms with E-state index in [0.717, 1.165) is 48.5 Å². The Hall–Kier alpha value is -2.01. The van der Waals surface area contributed by atoms with Gasteiger partial charge in [0.25, 0.3) is 0 Å². The highest BCUT2D eigenvalue weighted by Crippen LogP contribution is 2.47. The minimum Gasteiger partial charge on any atom is -0.377 e. The molecule has 0 amide bonds. The second-order valence-electron chi connectivity index (χ2n) is 7.29. The fraction of sp³-hybridized carbons (Fsp3) is 0.526. The molecule has 2 aromatic rings. The second kappa shape index (κ2) is 6.13. The van der Waals surface area contributed by atoms with E-state index < -0.39 is 0 Å². The zero-order valence-corrected chi connectivity index (χ0v) is 14.3. The molecule has 1 saturated carbocycles. The third-order valence-electron chi connectivity index (χ3n) is 5.15. The van der Waals surface area contributed by atoms with E-state index >= 15 is 0 Å². The van der Waals surface area contributed by atoms with Crippen molar-refractivity contribution in [2.24, 2.45) is 11.3 Å². The van der Waals surface area contributed by atoms with Gasteiger partial charge in [0, 0.05) is 30.8 Å². The molecule has 1 aliphatic heterocycles. The van der Waals surface area contributed by atoms with Crippen molar-refractivity contribution in [1.29, 1.82) is 0 Å². The molecule has 5 heteroatoms. The highest BCUT2D eigenvalue weighted by atomic mass is 16.5. The van der Waals surface area contributed by atoms with E-state index in [-0.39, 0.29) is 5.41 Å². The van der Waals surface area contributed by atoms with Gasteiger partial charge in [0.1, 0.15) is 11.6 Å². The molecule has 5 nitrogen and oxygen atoms in total. The molecule has 0 radical (unpaired) electrons. The van der Waals surface area contributed by atoms with Gasteiger partial charge in [0.2, 0.25) is 0 Å². The SMILES string of the molecule is Cc1nc(NCC2(C)CCOC2C2CC2)cc(-c2ccccn2)n1. The summed E-state index contributed by atoms with van der Waals surface area (Å²) in [6.07, 6.45) is 5.92. The highest BCUT2D eigenvalue weighted by molar-refractivity contribution is 5.58. The summed E-state index contributed by atoms with van der Waals surface area (Å²) in [5.74, 6) is 2.38. The molecule has 4 rings (SSSR count). The van der Waals surface area contributed by atoms with E-state index in [0.29, 0.717) is 6.10 Å². The first-order valence-electron chi connectivity index (χ1n) is 8.77. The van der Waals surface area contributed by atoms with Gasteiger partial charge in [-0.3, -0.25) is 4.98 Å². The Labute approximate surface area is 142 Å². The minimum atomic E-state index is 0.186. The lowest BCUT2D eigenvalue weighted by Crippen LogP contribution is -2.36. The lowest BCUT2D eigenvalue weighted by Gasteiger charge is -2.30. The monoisotopic (exact) mass is 324 g/mol. The number of rotatable bonds is 5. The molecule has 2 unspecified atom stereocenters. The summed E-state index contributed by atoms with van der Waals surface area (Å²) < 4.78 is 6.01. The van der Waals surface area contributed by atoms with Crippen LogP contribution in [0.5, 0.6) is 0 Å². The van der Waals surface area contributed by atoms with E-state index in [1.807, 2.05) is 31.2 Å². The Balaban J connectivity index is 1.51. The highest BCUT2D eigenvalue weighted by Gasteiger charge is 2.47. The summed E-state index contributed by atoms with van der Waals surface area (Å²) >= 11 is 0. The zero-order valence-electron chi connectivity index (χ0n) is 14.3. The molecule has 1 N–H and O–H groups in total. The van der Waals surface area contributed by atoms with Gasteiger partial charge >= 0.3 is 0 Å². The molecule has 0 bridgehead atoms. The van der Waals surface area contributed by atoms with Crippen LogP contribution in [0, 0.1) is 18.3 Å². The molecular weight excluding hydrogens is 300 g/mol. The van der Waals surface area contributed by atoms with Gasteiger partial charge in [-0.1, -0.05) is 13.0 Å². The van der Waals surface area contributed by atoms with Crippen LogP contribution in [0.3, 0.4) is 0 Å². The van der Waals surface area contributed by atoms with Crippen molar-refractivity contribution in [1.82, 2.24) is 15.0 Å². The lowest BCUT2D eigenvalue weighted by molar-refractivity contribution is 0.0439. The molecule has 2 aromatic heterocycles. The number of nitrogens with zero attached hydrogens (tertiary/aromatic N) is 3. The Morgan fingerprint density at radius 3 is 2.88 bits per heavy atom. The second-order valence-corrected chi connectivity index (χ2v) is 7.29. The number of pyridine rings is 1. The Morgan fingerprint density at radius 2 is 2.12 bits per heavy atom. The summed E-state index contributed by atoms with van der Waals surface area (Å²) in [7, 11) is 0. The quantitative estimate of drug-likeness (QED) is 0.912. The first-order valence-corrected chi connectivity index (χ1v) is 8.77. The zero-order chi connectivity index (χ0) is 16.6. The Morgan fingerprint density at radius 1 is 1.25 bits per heavy atom. The smallest absolute Gasteiger partial charge is 0.130 e. The molecule has 126 valence electrons. The summed E-state index contributed by atoms with van der Waals surface area (Å²) in [6.45, 7) is 6.02. The van der Waals surface area contributed by atoms with Crippen molar-refractivity contribution in [2.75, 3.05) is 18.5 Å². The van der Waals surface area contributed by atoms with Gasteiger partial charge in [-0.2, -0.15) is 0 Å². The number of anilines is 1. The van der Waals surface area contributed by atoms with Crippen LogP contribution in [-0.2, 0) is 4.74 Å². The van der Waals surface area contributed by atoms with Crippen LogP contribution in [0.2, 0.25) is 0 Å². The first-order chi connectivity index (χ1) is 11.6. The summed E-state index contributed by atoms with van der Waals surface area (Å²) in [6, 6.07) is 7.85. The standard InChI is InChI=1S/C19H24N4O/c1-13-22-16(15-5-3-4-9-20-15)11-17(23-13)21-12-19(2)8-10-24-18(19)14-6-7-14/h3-5,9,11,14,18H,6-8,10,12H2,1-2H3,(H,21,22,23). The number of aromatic nitrogens is 3.